The maximum atomic E-state index is 12.0. The lowest BCUT2D eigenvalue weighted by molar-refractivity contribution is 0.0988. The van der Waals surface area contributed by atoms with Crippen molar-refractivity contribution >= 4 is 5.78 Å². The van der Waals surface area contributed by atoms with Gasteiger partial charge in [-0.2, -0.15) is 0 Å². The Morgan fingerprint density at radius 3 is 2.40 bits per heavy atom. The molecule has 1 rings (SSSR count). The molecule has 3 heteroatoms. The van der Waals surface area contributed by atoms with Crippen molar-refractivity contribution in [2.24, 2.45) is 0 Å². The van der Waals surface area contributed by atoms with Gasteiger partial charge in [-0.25, -0.2) is 0 Å². The van der Waals surface area contributed by atoms with Crippen molar-refractivity contribution in [3.63, 3.8) is 0 Å². The number of benzene rings is 1. The first-order chi connectivity index (χ1) is 9.45. The number of ether oxygens (including phenoxy) is 1. The minimum atomic E-state index is 0.124. The van der Waals surface area contributed by atoms with E-state index in [1.807, 2.05) is 31.2 Å². The molecule has 0 fully saturated rings. The molecule has 0 atom stereocenters. The van der Waals surface area contributed by atoms with Crippen molar-refractivity contribution in [1.29, 1.82) is 0 Å². The van der Waals surface area contributed by atoms with Crippen molar-refractivity contribution < 1.29 is 9.53 Å². The van der Waals surface area contributed by atoms with Crippen molar-refractivity contribution in [3.8, 4) is 0 Å². The van der Waals surface area contributed by atoms with E-state index in [1.165, 1.54) is 5.56 Å². The molecule has 1 aromatic carbocycles. The van der Waals surface area contributed by atoms with Gasteiger partial charge in [-0.05, 0) is 30.9 Å². The number of hydrogen-bond acceptors (Lipinski definition) is 3. The highest BCUT2D eigenvalue weighted by molar-refractivity contribution is 5.97. The molecular weight excluding hydrogens is 250 g/mol. The Morgan fingerprint density at radius 2 is 1.85 bits per heavy atom. The third kappa shape index (κ3) is 5.85. The topological polar surface area (TPSA) is 38.3 Å². The minimum absolute atomic E-state index is 0.124. The number of rotatable bonds is 8. The van der Waals surface area contributed by atoms with E-state index in [0.29, 0.717) is 6.54 Å². The molecule has 0 saturated carbocycles. The summed E-state index contributed by atoms with van der Waals surface area (Å²) in [5, 5.41) is 3.16. The van der Waals surface area contributed by atoms with E-state index in [4.69, 9.17) is 4.74 Å². The van der Waals surface area contributed by atoms with Crippen LogP contribution in [0.2, 0.25) is 0 Å². The molecule has 0 bridgehead atoms. The quantitative estimate of drug-likeness (QED) is 0.586. The van der Waals surface area contributed by atoms with Crippen LogP contribution < -0.4 is 5.32 Å². The molecule has 0 aliphatic heterocycles. The van der Waals surface area contributed by atoms with Crippen molar-refractivity contribution in [3.05, 3.63) is 35.4 Å². The number of nitrogens with one attached hydrogen (secondary N) is 1. The van der Waals surface area contributed by atoms with E-state index >= 15 is 0 Å². The van der Waals surface area contributed by atoms with Gasteiger partial charge in [-0.1, -0.05) is 45.0 Å². The number of hydrogen-bond donors (Lipinski definition) is 1. The van der Waals surface area contributed by atoms with Gasteiger partial charge in [-0.15, -0.1) is 0 Å². The molecule has 112 valence electrons. The van der Waals surface area contributed by atoms with Crippen LogP contribution in [0, 0.1) is 0 Å². The van der Waals surface area contributed by atoms with Gasteiger partial charge in [0.1, 0.15) is 0 Å². The number of Topliss-reactive ketones (excluding diaryl/α,β-unsaturated/α-hetero) is 1. The molecule has 0 radical (unpaired) electrons. The first kappa shape index (κ1) is 16.9. The third-order valence-corrected chi connectivity index (χ3v) is 3.20. The summed E-state index contributed by atoms with van der Waals surface area (Å²) in [6, 6.07) is 7.93. The second-order valence-corrected chi connectivity index (χ2v) is 5.98. The summed E-state index contributed by atoms with van der Waals surface area (Å²) in [5.74, 6) is 0.141. The first-order valence-electron chi connectivity index (χ1n) is 7.37. The zero-order chi connectivity index (χ0) is 15.0. The van der Waals surface area contributed by atoms with Crippen LogP contribution in [0.15, 0.2) is 24.3 Å². The van der Waals surface area contributed by atoms with Gasteiger partial charge in [-0.3, -0.25) is 4.79 Å². The molecule has 0 aromatic heterocycles. The Bertz CT molecular complexity index is 404. The Morgan fingerprint density at radius 1 is 1.20 bits per heavy atom. The molecule has 0 aliphatic rings. The van der Waals surface area contributed by atoms with E-state index in [1.54, 1.807) is 0 Å². The number of carbonyl (C=O) groups is 1. The second kappa shape index (κ2) is 8.18. The fourth-order valence-electron chi connectivity index (χ4n) is 1.90. The maximum absolute atomic E-state index is 12.0. The van der Waals surface area contributed by atoms with E-state index < -0.39 is 0 Å². The monoisotopic (exact) mass is 277 g/mol. The fraction of sp³-hybridized carbons (Fsp3) is 0.588. The molecule has 0 unspecified atom stereocenters. The highest BCUT2D eigenvalue weighted by atomic mass is 16.5. The fourth-order valence-corrected chi connectivity index (χ4v) is 1.90. The minimum Gasteiger partial charge on any atom is -0.382 e. The molecule has 0 amide bonds. The maximum Gasteiger partial charge on any atom is 0.176 e. The SMILES string of the molecule is CCOCCCNCC(=O)c1ccc(C(C)(C)C)cc1. The zero-order valence-electron chi connectivity index (χ0n) is 13.2. The molecule has 0 spiro atoms. The van der Waals surface area contributed by atoms with Gasteiger partial charge in [0, 0.05) is 18.8 Å². The van der Waals surface area contributed by atoms with Crippen molar-refractivity contribution in [1.82, 2.24) is 5.32 Å². The summed E-state index contributed by atoms with van der Waals surface area (Å²) in [7, 11) is 0. The lowest BCUT2D eigenvalue weighted by atomic mass is 9.86. The van der Waals surface area contributed by atoms with Gasteiger partial charge in [0.15, 0.2) is 5.78 Å². The van der Waals surface area contributed by atoms with Crippen molar-refractivity contribution in [2.75, 3.05) is 26.3 Å². The molecule has 3 nitrogen and oxygen atoms in total. The highest BCUT2D eigenvalue weighted by Crippen LogP contribution is 2.22. The van der Waals surface area contributed by atoms with E-state index in [9.17, 15) is 4.79 Å². The average Bonchev–Trinajstić information content (AvgIpc) is 2.41. The van der Waals surface area contributed by atoms with Gasteiger partial charge in [0.05, 0.1) is 6.54 Å². The van der Waals surface area contributed by atoms with Gasteiger partial charge in [0.2, 0.25) is 0 Å². The standard InChI is InChI=1S/C17H27NO2/c1-5-20-12-6-11-18-13-16(19)14-7-9-15(10-8-14)17(2,3)4/h7-10,18H,5-6,11-13H2,1-4H3. The first-order valence-corrected chi connectivity index (χ1v) is 7.37. The number of carbonyl (C=O) groups excluding carboxylic acids is 1. The van der Waals surface area contributed by atoms with Crippen LogP contribution in [0.4, 0.5) is 0 Å². The van der Waals surface area contributed by atoms with Crippen LogP contribution in [0.3, 0.4) is 0 Å². The Kier molecular flexibility index (Phi) is 6.89. The van der Waals surface area contributed by atoms with E-state index in [0.717, 1.165) is 31.7 Å². The predicted octanol–water partition coefficient (Wildman–Crippen LogP) is 3.18. The average molecular weight is 277 g/mol. The molecule has 1 N–H and O–H groups in total. The molecule has 0 aliphatic carbocycles. The van der Waals surface area contributed by atoms with Crippen molar-refractivity contribution in [2.45, 2.75) is 39.5 Å². The molecule has 0 saturated heterocycles. The molecular formula is C17H27NO2. The van der Waals surface area contributed by atoms with Gasteiger partial charge < -0.3 is 10.1 Å². The van der Waals surface area contributed by atoms with Gasteiger partial charge >= 0.3 is 0 Å². The predicted molar refractivity (Wildman–Crippen MR) is 83.5 cm³/mol. The summed E-state index contributed by atoms with van der Waals surface area (Å²) >= 11 is 0. The summed E-state index contributed by atoms with van der Waals surface area (Å²) in [6.45, 7) is 11.2. The van der Waals surface area contributed by atoms with Crippen LogP contribution in [0.1, 0.15) is 50.0 Å². The summed E-state index contributed by atoms with van der Waals surface area (Å²) in [5.41, 5.74) is 2.15. The van der Waals surface area contributed by atoms with Crippen LogP contribution in [0.25, 0.3) is 0 Å². The van der Waals surface area contributed by atoms with Crippen LogP contribution >= 0.6 is 0 Å². The van der Waals surface area contributed by atoms with Crippen LogP contribution in [-0.4, -0.2) is 32.1 Å². The summed E-state index contributed by atoms with van der Waals surface area (Å²) < 4.78 is 5.25. The lowest BCUT2D eigenvalue weighted by Gasteiger charge is -2.19. The smallest absolute Gasteiger partial charge is 0.176 e. The lowest BCUT2D eigenvalue weighted by Crippen LogP contribution is -2.25. The zero-order valence-corrected chi connectivity index (χ0v) is 13.2. The normalized spacial score (nSPS) is 11.6. The highest BCUT2D eigenvalue weighted by Gasteiger charge is 2.14. The summed E-state index contributed by atoms with van der Waals surface area (Å²) in [6.07, 6.45) is 0.935. The third-order valence-electron chi connectivity index (χ3n) is 3.20. The van der Waals surface area contributed by atoms with E-state index in [-0.39, 0.29) is 11.2 Å². The van der Waals surface area contributed by atoms with Crippen LogP contribution in [-0.2, 0) is 10.2 Å². The van der Waals surface area contributed by atoms with Gasteiger partial charge in [0.25, 0.3) is 0 Å². The second-order valence-electron chi connectivity index (χ2n) is 5.98. The molecule has 20 heavy (non-hydrogen) atoms. The largest absolute Gasteiger partial charge is 0.382 e. The number of ketones is 1. The Labute approximate surface area is 122 Å². The Balaban J connectivity index is 2.37. The summed E-state index contributed by atoms with van der Waals surface area (Å²) in [4.78, 5) is 12.0. The Hall–Kier alpha value is -1.19. The molecule has 1 aromatic rings. The molecule has 0 heterocycles. The van der Waals surface area contributed by atoms with E-state index in [2.05, 4.69) is 26.1 Å². The van der Waals surface area contributed by atoms with Crippen LogP contribution in [0.5, 0.6) is 0 Å².